The van der Waals surface area contributed by atoms with Crippen molar-refractivity contribution in [2.45, 2.75) is 334 Å². The van der Waals surface area contributed by atoms with Crippen LogP contribution in [-0.2, 0) is 4.79 Å². The van der Waals surface area contributed by atoms with Crippen LogP contribution in [-0.4, -0.2) is 34.9 Å². The van der Waals surface area contributed by atoms with Crippen molar-refractivity contribution in [3.05, 3.63) is 36.5 Å². The highest BCUT2D eigenvalue weighted by Crippen LogP contribution is 2.17. The second-order valence-corrected chi connectivity index (χ2v) is 20.1. The highest BCUT2D eigenvalue weighted by molar-refractivity contribution is 5.76. The maximum absolute atomic E-state index is 12.4. The van der Waals surface area contributed by atoms with Crippen LogP contribution in [0.15, 0.2) is 36.5 Å². The zero-order valence-electron chi connectivity index (χ0n) is 43.6. The van der Waals surface area contributed by atoms with Gasteiger partial charge in [-0.3, -0.25) is 4.79 Å². The Morgan fingerprint density at radius 1 is 0.359 bits per heavy atom. The van der Waals surface area contributed by atoms with Gasteiger partial charge in [-0.05, 0) is 57.8 Å². The summed E-state index contributed by atoms with van der Waals surface area (Å²) in [5.41, 5.74) is 0. The molecule has 0 bridgehead atoms. The normalized spacial score (nSPS) is 13.0. The van der Waals surface area contributed by atoms with Gasteiger partial charge in [0.1, 0.15) is 0 Å². The molecule has 0 aliphatic rings. The highest BCUT2D eigenvalue weighted by atomic mass is 16.3. The molecule has 4 heteroatoms. The van der Waals surface area contributed by atoms with Gasteiger partial charge in [-0.15, -0.1) is 0 Å². The van der Waals surface area contributed by atoms with Crippen molar-refractivity contribution in [2.75, 3.05) is 6.61 Å². The van der Waals surface area contributed by atoms with E-state index in [4.69, 9.17) is 0 Å². The minimum atomic E-state index is -0.860. The molecular formula is C60H115NO3. The predicted octanol–water partition coefficient (Wildman–Crippen LogP) is 19.3. The van der Waals surface area contributed by atoms with Crippen molar-refractivity contribution in [2.24, 2.45) is 0 Å². The van der Waals surface area contributed by atoms with Crippen LogP contribution in [0.4, 0.5) is 0 Å². The maximum Gasteiger partial charge on any atom is 0.220 e. The average molecular weight is 899 g/mol. The number of amides is 1. The van der Waals surface area contributed by atoms with E-state index in [2.05, 4.69) is 43.5 Å². The molecule has 64 heavy (non-hydrogen) atoms. The first kappa shape index (κ1) is 62.6. The molecule has 0 saturated heterocycles. The molecule has 0 spiro atoms. The number of aliphatic hydroxyl groups excluding tert-OH is 2. The van der Waals surface area contributed by atoms with Gasteiger partial charge >= 0.3 is 0 Å². The number of allylic oxidation sites excluding steroid dienone is 5. The van der Waals surface area contributed by atoms with Gasteiger partial charge < -0.3 is 15.5 Å². The van der Waals surface area contributed by atoms with Gasteiger partial charge in [-0.2, -0.15) is 0 Å². The Balaban J connectivity index is 3.39. The quantitative estimate of drug-likeness (QED) is 0.0421. The molecule has 0 aromatic carbocycles. The third kappa shape index (κ3) is 51.6. The first-order chi connectivity index (χ1) is 31.7. The van der Waals surface area contributed by atoms with Crippen molar-refractivity contribution in [1.29, 1.82) is 0 Å². The molecule has 0 aromatic rings. The Kier molecular flexibility index (Phi) is 54.7. The number of hydrogen-bond acceptors (Lipinski definition) is 3. The van der Waals surface area contributed by atoms with Crippen LogP contribution in [0.3, 0.4) is 0 Å². The summed E-state index contributed by atoms with van der Waals surface area (Å²) in [4.78, 5) is 12.4. The summed E-state index contributed by atoms with van der Waals surface area (Å²) in [6.07, 6.45) is 76.3. The fourth-order valence-corrected chi connectivity index (χ4v) is 9.13. The van der Waals surface area contributed by atoms with Gasteiger partial charge in [0.25, 0.3) is 0 Å². The van der Waals surface area contributed by atoms with Gasteiger partial charge in [-0.1, -0.05) is 294 Å². The summed E-state index contributed by atoms with van der Waals surface area (Å²) in [5.74, 6) is -0.0704. The Morgan fingerprint density at radius 3 is 0.906 bits per heavy atom. The molecule has 0 heterocycles. The molecule has 4 nitrogen and oxygen atoms in total. The summed E-state index contributed by atoms with van der Waals surface area (Å²) < 4.78 is 0. The molecule has 2 atom stereocenters. The average Bonchev–Trinajstić information content (AvgIpc) is 3.30. The predicted molar refractivity (Wildman–Crippen MR) is 285 cm³/mol. The number of nitrogens with one attached hydrogen (secondary N) is 1. The molecule has 0 aromatic heterocycles. The SMILES string of the molecule is CCCCCCCCC/C=C/CC/C=C/C(O)C(CO)NC(=O)CCCCCCCCCCCCCCCCCCC/C=C\CCCCCCCCCCCCCCCCCCCC. The molecule has 0 rings (SSSR count). The number of carbonyl (C=O) groups is 1. The lowest BCUT2D eigenvalue weighted by Gasteiger charge is -2.19. The molecule has 0 aliphatic carbocycles. The summed E-state index contributed by atoms with van der Waals surface area (Å²) >= 11 is 0. The van der Waals surface area contributed by atoms with E-state index < -0.39 is 12.1 Å². The molecule has 2 unspecified atom stereocenters. The number of unbranched alkanes of at least 4 members (excludes halogenated alkanes) is 43. The van der Waals surface area contributed by atoms with Crippen LogP contribution < -0.4 is 5.32 Å². The first-order valence-electron chi connectivity index (χ1n) is 29.2. The topological polar surface area (TPSA) is 69.6 Å². The molecule has 0 aliphatic heterocycles. The lowest BCUT2D eigenvalue weighted by molar-refractivity contribution is -0.123. The fraction of sp³-hybridized carbons (Fsp3) is 0.883. The Morgan fingerprint density at radius 2 is 0.609 bits per heavy atom. The standard InChI is InChI=1S/C60H115NO3/c1-3-5-7-9-11-13-15-17-18-19-20-21-22-23-24-25-26-27-28-29-30-31-32-33-34-35-36-37-38-39-40-41-42-44-46-48-50-52-54-56-60(64)61-58(57-62)59(63)55-53-51-49-47-45-43-16-14-12-10-8-6-4-2/h29-30,45,47,53,55,58-59,62-63H,3-28,31-44,46,48-52,54,56-57H2,1-2H3,(H,61,64)/b30-29-,47-45+,55-53+. The van der Waals surface area contributed by atoms with Crippen molar-refractivity contribution in [3.63, 3.8) is 0 Å². The summed E-state index contributed by atoms with van der Waals surface area (Å²) in [6, 6.07) is -0.637. The van der Waals surface area contributed by atoms with Crippen molar-refractivity contribution >= 4 is 5.91 Å². The Bertz CT molecular complexity index is 974. The van der Waals surface area contributed by atoms with Gasteiger partial charge in [0, 0.05) is 6.42 Å². The number of rotatable bonds is 54. The van der Waals surface area contributed by atoms with E-state index in [1.807, 2.05) is 6.08 Å². The van der Waals surface area contributed by atoms with Crippen molar-refractivity contribution < 1.29 is 15.0 Å². The first-order valence-corrected chi connectivity index (χ1v) is 29.2. The minimum absolute atomic E-state index is 0.0704. The second-order valence-electron chi connectivity index (χ2n) is 20.1. The molecule has 0 fully saturated rings. The van der Waals surface area contributed by atoms with E-state index >= 15 is 0 Å². The van der Waals surface area contributed by atoms with E-state index in [9.17, 15) is 15.0 Å². The zero-order valence-corrected chi connectivity index (χ0v) is 43.6. The monoisotopic (exact) mass is 898 g/mol. The van der Waals surface area contributed by atoms with Gasteiger partial charge in [-0.25, -0.2) is 0 Å². The Hall–Kier alpha value is -1.39. The second kappa shape index (κ2) is 55.9. The molecule has 0 saturated carbocycles. The number of carbonyl (C=O) groups excluding carboxylic acids is 1. The van der Waals surface area contributed by atoms with Crippen molar-refractivity contribution in [1.82, 2.24) is 5.32 Å². The third-order valence-corrected chi connectivity index (χ3v) is 13.6. The van der Waals surface area contributed by atoms with E-state index in [1.165, 1.54) is 270 Å². The molecule has 1 amide bonds. The van der Waals surface area contributed by atoms with Crippen LogP contribution in [0.1, 0.15) is 322 Å². The van der Waals surface area contributed by atoms with Crippen LogP contribution in [0.2, 0.25) is 0 Å². The van der Waals surface area contributed by atoms with Crippen LogP contribution >= 0.6 is 0 Å². The van der Waals surface area contributed by atoms with Gasteiger partial charge in [0.15, 0.2) is 0 Å². The lowest BCUT2D eigenvalue weighted by atomic mass is 10.0. The highest BCUT2D eigenvalue weighted by Gasteiger charge is 2.18. The van der Waals surface area contributed by atoms with Crippen molar-refractivity contribution in [3.8, 4) is 0 Å². The smallest absolute Gasteiger partial charge is 0.220 e. The summed E-state index contributed by atoms with van der Waals surface area (Å²) in [5, 5.41) is 23.0. The maximum atomic E-state index is 12.4. The lowest BCUT2D eigenvalue weighted by Crippen LogP contribution is -2.45. The van der Waals surface area contributed by atoms with E-state index in [0.29, 0.717) is 6.42 Å². The van der Waals surface area contributed by atoms with Gasteiger partial charge in [0.2, 0.25) is 5.91 Å². The molecular weight excluding hydrogens is 783 g/mol. The molecule has 3 N–H and O–H groups in total. The summed E-state index contributed by atoms with van der Waals surface area (Å²) in [7, 11) is 0. The van der Waals surface area contributed by atoms with E-state index in [1.54, 1.807) is 6.08 Å². The van der Waals surface area contributed by atoms with Crippen LogP contribution in [0.25, 0.3) is 0 Å². The zero-order chi connectivity index (χ0) is 46.3. The van der Waals surface area contributed by atoms with Gasteiger partial charge in [0.05, 0.1) is 18.8 Å². The van der Waals surface area contributed by atoms with E-state index in [-0.39, 0.29) is 12.5 Å². The fourth-order valence-electron chi connectivity index (χ4n) is 9.13. The molecule has 378 valence electrons. The number of aliphatic hydroxyl groups is 2. The Labute approximate surface area is 402 Å². The van der Waals surface area contributed by atoms with Crippen LogP contribution in [0.5, 0.6) is 0 Å². The van der Waals surface area contributed by atoms with E-state index in [0.717, 1.165) is 32.1 Å². The molecule has 0 radical (unpaired) electrons. The number of hydrogen-bond donors (Lipinski definition) is 3. The minimum Gasteiger partial charge on any atom is -0.394 e. The largest absolute Gasteiger partial charge is 0.394 e. The van der Waals surface area contributed by atoms with Crippen LogP contribution in [0, 0.1) is 0 Å². The summed E-state index contributed by atoms with van der Waals surface area (Å²) in [6.45, 7) is 4.31. The third-order valence-electron chi connectivity index (χ3n) is 13.6.